The van der Waals surface area contributed by atoms with E-state index in [1.165, 1.54) is 0 Å². The molecule has 0 aliphatic carbocycles. The van der Waals surface area contributed by atoms with Crippen LogP contribution in [0.5, 0.6) is 0 Å². The van der Waals surface area contributed by atoms with Gasteiger partial charge in [0, 0.05) is 5.56 Å². The number of aryl methyl sites for hydroxylation is 1. The van der Waals surface area contributed by atoms with Crippen molar-refractivity contribution in [3.8, 4) is 11.4 Å². The highest BCUT2D eigenvalue weighted by molar-refractivity contribution is 6.34. The van der Waals surface area contributed by atoms with E-state index in [4.69, 9.17) is 11.6 Å². The number of nitrogens with one attached hydrogen (secondary N) is 3. The van der Waals surface area contributed by atoms with Gasteiger partial charge in [0.1, 0.15) is 5.82 Å². The summed E-state index contributed by atoms with van der Waals surface area (Å²) in [6.07, 6.45) is 1.54. The van der Waals surface area contributed by atoms with Gasteiger partial charge < -0.3 is 10.3 Å². The maximum atomic E-state index is 12.3. The molecule has 0 radical (unpaired) electrons. The zero-order valence-electron chi connectivity index (χ0n) is 13.2. The van der Waals surface area contributed by atoms with Crippen LogP contribution in [0, 0.1) is 6.92 Å². The second kappa shape index (κ2) is 6.03. The molecule has 1 aromatic carbocycles. The Bertz CT molecular complexity index is 1070. The number of pyridine rings is 1. The Morgan fingerprint density at radius 1 is 1.24 bits per heavy atom. The molecule has 124 valence electrons. The molecule has 0 bridgehead atoms. The van der Waals surface area contributed by atoms with E-state index >= 15 is 0 Å². The molecule has 1 amide bonds. The van der Waals surface area contributed by atoms with Crippen molar-refractivity contribution in [1.29, 1.82) is 0 Å². The van der Waals surface area contributed by atoms with E-state index in [0.717, 1.165) is 16.9 Å². The summed E-state index contributed by atoms with van der Waals surface area (Å²) in [6, 6.07) is 11.5. The first-order valence-corrected chi connectivity index (χ1v) is 7.92. The molecule has 0 saturated heterocycles. The fourth-order valence-corrected chi connectivity index (χ4v) is 2.63. The van der Waals surface area contributed by atoms with Gasteiger partial charge in [-0.05, 0) is 13.0 Å². The lowest BCUT2D eigenvalue weighted by atomic mass is 10.2. The van der Waals surface area contributed by atoms with Crippen LogP contribution in [0.1, 0.15) is 16.2 Å². The number of benzene rings is 1. The molecule has 0 aliphatic rings. The Morgan fingerprint density at radius 2 is 2.04 bits per heavy atom. The quantitative estimate of drug-likeness (QED) is 0.525. The average molecular weight is 353 g/mol. The number of aromatic amines is 2. The van der Waals surface area contributed by atoms with Crippen LogP contribution in [0.2, 0.25) is 5.02 Å². The number of fused-ring (bicyclic) bond motifs is 1. The molecule has 0 aliphatic heterocycles. The number of hydrogen-bond acceptors (Lipinski definition) is 4. The lowest BCUT2D eigenvalue weighted by molar-refractivity contribution is 0.102. The summed E-state index contributed by atoms with van der Waals surface area (Å²) in [6.45, 7) is 1.75. The highest BCUT2D eigenvalue weighted by Gasteiger charge is 2.17. The van der Waals surface area contributed by atoms with Gasteiger partial charge in [0.25, 0.3) is 5.91 Å². The van der Waals surface area contributed by atoms with Crippen molar-refractivity contribution in [3.05, 3.63) is 59.0 Å². The summed E-state index contributed by atoms with van der Waals surface area (Å²) in [4.78, 5) is 24.2. The number of carbonyl (C=O) groups excluding carboxylic acids is 1. The lowest BCUT2D eigenvalue weighted by Gasteiger charge is -2.02. The monoisotopic (exact) mass is 352 g/mol. The van der Waals surface area contributed by atoms with Crippen LogP contribution in [-0.4, -0.2) is 31.1 Å². The zero-order chi connectivity index (χ0) is 17.4. The Hall–Kier alpha value is -3.19. The second-order valence-corrected chi connectivity index (χ2v) is 5.89. The van der Waals surface area contributed by atoms with E-state index in [-0.39, 0.29) is 5.69 Å². The van der Waals surface area contributed by atoms with Gasteiger partial charge in [-0.3, -0.25) is 9.89 Å². The van der Waals surface area contributed by atoms with Gasteiger partial charge in [-0.25, -0.2) is 9.97 Å². The summed E-state index contributed by atoms with van der Waals surface area (Å²) < 4.78 is 0. The number of rotatable bonds is 3. The normalized spacial score (nSPS) is 11.0. The topological polar surface area (TPSA) is 99.3 Å². The van der Waals surface area contributed by atoms with Crippen molar-refractivity contribution in [3.63, 3.8) is 0 Å². The fourth-order valence-electron chi connectivity index (χ4n) is 2.46. The molecule has 4 aromatic rings. The molecule has 3 N–H and O–H groups in total. The maximum Gasteiger partial charge on any atom is 0.277 e. The second-order valence-electron chi connectivity index (χ2n) is 5.51. The first-order valence-electron chi connectivity index (χ1n) is 7.55. The van der Waals surface area contributed by atoms with Crippen LogP contribution in [-0.2, 0) is 0 Å². The largest absolute Gasteiger partial charge is 0.337 e. The van der Waals surface area contributed by atoms with Gasteiger partial charge in [0.2, 0.25) is 0 Å². The Kier molecular flexibility index (Phi) is 3.70. The van der Waals surface area contributed by atoms with E-state index in [1.807, 2.05) is 30.3 Å². The smallest absolute Gasteiger partial charge is 0.277 e. The minimum Gasteiger partial charge on any atom is -0.337 e. The SMILES string of the molecule is Cc1[nH]nc(C(=O)Nc2cnc3nc(-c4ccccc4)[nH]c3c2)c1Cl. The molecule has 25 heavy (non-hydrogen) atoms. The minimum atomic E-state index is -0.404. The molecular weight excluding hydrogens is 340 g/mol. The summed E-state index contributed by atoms with van der Waals surface area (Å²) in [7, 11) is 0. The zero-order valence-corrected chi connectivity index (χ0v) is 13.9. The number of hydrogen-bond donors (Lipinski definition) is 3. The van der Waals surface area contributed by atoms with Gasteiger partial charge in [0.15, 0.2) is 11.3 Å². The van der Waals surface area contributed by atoms with Crippen LogP contribution in [0.25, 0.3) is 22.6 Å². The molecule has 0 saturated carbocycles. The predicted octanol–water partition coefficient (Wildman–Crippen LogP) is 3.56. The molecule has 0 fully saturated rings. The van der Waals surface area contributed by atoms with E-state index in [0.29, 0.717) is 22.1 Å². The predicted molar refractivity (Wildman–Crippen MR) is 95.6 cm³/mol. The molecule has 3 aromatic heterocycles. The van der Waals surface area contributed by atoms with E-state index in [9.17, 15) is 4.79 Å². The Labute approximate surface area is 147 Å². The van der Waals surface area contributed by atoms with Crippen molar-refractivity contribution < 1.29 is 4.79 Å². The first-order chi connectivity index (χ1) is 12.1. The van der Waals surface area contributed by atoms with Crippen molar-refractivity contribution in [2.75, 3.05) is 5.32 Å². The van der Waals surface area contributed by atoms with Crippen molar-refractivity contribution in [2.45, 2.75) is 6.92 Å². The number of nitrogens with zero attached hydrogens (tertiary/aromatic N) is 3. The molecule has 8 heteroatoms. The third kappa shape index (κ3) is 2.85. The first kappa shape index (κ1) is 15.3. The van der Waals surface area contributed by atoms with Gasteiger partial charge in [0.05, 0.1) is 28.1 Å². The number of H-pyrrole nitrogens is 2. The molecule has 3 heterocycles. The summed E-state index contributed by atoms with van der Waals surface area (Å²) >= 11 is 6.05. The van der Waals surface area contributed by atoms with Crippen molar-refractivity contribution in [1.82, 2.24) is 25.1 Å². The number of anilines is 1. The minimum absolute atomic E-state index is 0.147. The van der Waals surface area contributed by atoms with Crippen LogP contribution < -0.4 is 5.32 Å². The van der Waals surface area contributed by atoms with Crippen molar-refractivity contribution in [2.24, 2.45) is 0 Å². The van der Waals surface area contributed by atoms with E-state index in [1.54, 1.807) is 19.2 Å². The van der Waals surface area contributed by atoms with E-state index in [2.05, 4.69) is 30.5 Å². The van der Waals surface area contributed by atoms with Crippen LogP contribution in [0.4, 0.5) is 5.69 Å². The molecule has 0 spiro atoms. The number of imidazole rings is 1. The lowest BCUT2D eigenvalue weighted by Crippen LogP contribution is -2.13. The van der Waals surface area contributed by atoms with Gasteiger partial charge in [-0.15, -0.1) is 0 Å². The molecule has 0 atom stereocenters. The van der Waals surface area contributed by atoms with Gasteiger partial charge in [-0.2, -0.15) is 5.10 Å². The molecule has 7 nitrogen and oxygen atoms in total. The number of amides is 1. The average Bonchev–Trinajstić information content (AvgIpc) is 3.19. The van der Waals surface area contributed by atoms with Crippen LogP contribution >= 0.6 is 11.6 Å². The molecule has 4 rings (SSSR count). The Balaban J connectivity index is 1.63. The third-order valence-corrected chi connectivity index (χ3v) is 4.19. The molecule has 0 unspecified atom stereocenters. The standard InChI is InChI=1S/C17H13ClN6O/c1-9-13(18)14(24-23-9)17(25)20-11-7-12-16(19-8-11)22-15(21-12)10-5-3-2-4-6-10/h2-8H,1H3,(H,20,25)(H,23,24)(H,19,21,22). The fraction of sp³-hybridized carbons (Fsp3) is 0.0588. The summed E-state index contributed by atoms with van der Waals surface area (Å²) in [5.41, 5.74) is 3.57. The molecular formula is C17H13ClN6O. The highest BCUT2D eigenvalue weighted by atomic mass is 35.5. The van der Waals surface area contributed by atoms with Crippen molar-refractivity contribution >= 4 is 34.4 Å². The van der Waals surface area contributed by atoms with Gasteiger partial charge >= 0.3 is 0 Å². The van der Waals surface area contributed by atoms with E-state index < -0.39 is 5.91 Å². The Morgan fingerprint density at radius 3 is 2.76 bits per heavy atom. The number of carbonyl (C=O) groups is 1. The van der Waals surface area contributed by atoms with Crippen LogP contribution in [0.3, 0.4) is 0 Å². The number of aromatic nitrogens is 5. The highest BCUT2D eigenvalue weighted by Crippen LogP contribution is 2.22. The third-order valence-electron chi connectivity index (χ3n) is 3.73. The maximum absolute atomic E-state index is 12.3. The summed E-state index contributed by atoms with van der Waals surface area (Å²) in [5.74, 6) is 0.316. The van der Waals surface area contributed by atoms with Gasteiger partial charge in [-0.1, -0.05) is 41.9 Å². The number of halogens is 1. The van der Waals surface area contributed by atoms with Crippen LogP contribution in [0.15, 0.2) is 42.6 Å². The summed E-state index contributed by atoms with van der Waals surface area (Å²) in [5, 5.41) is 9.63.